The lowest BCUT2D eigenvalue weighted by molar-refractivity contribution is -0.121. The maximum Gasteiger partial charge on any atom is 0.235 e. The maximum atomic E-state index is 11.3. The van der Waals surface area contributed by atoms with E-state index in [-0.39, 0.29) is 5.91 Å². The number of rotatable bonds is 4. The largest absolute Gasteiger partial charge is 0.303 e. The second-order valence-electron chi connectivity index (χ2n) is 5.04. The Morgan fingerprint density at radius 1 is 1.37 bits per heavy atom. The van der Waals surface area contributed by atoms with Gasteiger partial charge in [-0.25, -0.2) is 5.84 Å². The summed E-state index contributed by atoms with van der Waals surface area (Å²) in [6.45, 7) is 3.76. The molecule has 104 valence electrons. The Balaban J connectivity index is 2.04. The van der Waals surface area contributed by atoms with Crippen molar-refractivity contribution in [1.82, 2.24) is 15.2 Å². The van der Waals surface area contributed by atoms with Crippen LogP contribution in [0, 0.1) is 0 Å². The van der Waals surface area contributed by atoms with E-state index in [0.29, 0.717) is 12.5 Å². The number of hydrazine groups is 1. The van der Waals surface area contributed by atoms with E-state index in [2.05, 4.69) is 46.5 Å². The van der Waals surface area contributed by atoms with Gasteiger partial charge in [-0.05, 0) is 12.6 Å². The van der Waals surface area contributed by atoms with E-state index in [1.54, 1.807) is 0 Å². The van der Waals surface area contributed by atoms with Crippen molar-refractivity contribution >= 4 is 5.91 Å². The lowest BCUT2D eigenvalue weighted by Crippen LogP contribution is -2.47. The Morgan fingerprint density at radius 3 is 2.79 bits per heavy atom. The van der Waals surface area contributed by atoms with Crippen LogP contribution in [0.5, 0.6) is 0 Å². The highest BCUT2D eigenvalue weighted by molar-refractivity contribution is 5.75. The van der Waals surface area contributed by atoms with E-state index in [0.717, 1.165) is 26.2 Å². The van der Waals surface area contributed by atoms with E-state index in [9.17, 15) is 4.79 Å². The smallest absolute Gasteiger partial charge is 0.235 e. The summed E-state index contributed by atoms with van der Waals surface area (Å²) in [6, 6.07) is 10.8. The first-order chi connectivity index (χ1) is 9.20. The number of nitrogens with two attached hydrogens (primary N) is 1. The minimum atomic E-state index is -0.106. The van der Waals surface area contributed by atoms with Crippen molar-refractivity contribution in [2.24, 2.45) is 5.84 Å². The predicted octanol–water partition coefficient (Wildman–Crippen LogP) is 0.355. The van der Waals surface area contributed by atoms with Gasteiger partial charge < -0.3 is 4.90 Å². The van der Waals surface area contributed by atoms with Gasteiger partial charge >= 0.3 is 0 Å². The molecule has 0 radical (unpaired) electrons. The van der Waals surface area contributed by atoms with Crippen LogP contribution in [-0.2, 0) is 4.79 Å². The third kappa shape index (κ3) is 3.76. The number of amides is 1. The van der Waals surface area contributed by atoms with E-state index < -0.39 is 0 Å². The van der Waals surface area contributed by atoms with Crippen molar-refractivity contribution in [3.8, 4) is 0 Å². The van der Waals surface area contributed by atoms with Crippen LogP contribution >= 0.6 is 0 Å². The molecule has 1 aliphatic heterocycles. The summed E-state index contributed by atoms with van der Waals surface area (Å²) in [6.07, 6.45) is 0.448. The third-order valence-corrected chi connectivity index (χ3v) is 3.67. The van der Waals surface area contributed by atoms with Gasteiger partial charge in [-0.3, -0.25) is 15.1 Å². The summed E-state index contributed by atoms with van der Waals surface area (Å²) in [4.78, 5) is 16.0. The normalized spacial score (nSPS) is 21.3. The third-order valence-electron chi connectivity index (χ3n) is 3.67. The molecule has 1 atom stereocenters. The monoisotopic (exact) mass is 262 g/mol. The highest BCUT2D eigenvalue weighted by Gasteiger charge is 2.26. The molecule has 1 aromatic rings. The number of piperazine rings is 1. The predicted molar refractivity (Wildman–Crippen MR) is 75.2 cm³/mol. The van der Waals surface area contributed by atoms with Gasteiger partial charge in [-0.1, -0.05) is 30.3 Å². The Labute approximate surface area is 114 Å². The first-order valence-corrected chi connectivity index (χ1v) is 6.67. The molecule has 3 N–H and O–H groups in total. The molecule has 1 saturated heterocycles. The lowest BCUT2D eigenvalue weighted by atomic mass is 10.0. The number of hydrogen-bond acceptors (Lipinski definition) is 4. The highest BCUT2D eigenvalue weighted by atomic mass is 16.2. The van der Waals surface area contributed by atoms with Crippen LogP contribution in [0.1, 0.15) is 18.0 Å². The maximum absolute atomic E-state index is 11.3. The molecule has 1 aromatic carbocycles. The summed E-state index contributed by atoms with van der Waals surface area (Å²) >= 11 is 0. The Bertz CT molecular complexity index is 409. The fourth-order valence-corrected chi connectivity index (χ4v) is 2.53. The van der Waals surface area contributed by atoms with Gasteiger partial charge in [-0.15, -0.1) is 0 Å². The minimum Gasteiger partial charge on any atom is -0.303 e. The number of likely N-dealkylation sites (N-methyl/N-ethyl adjacent to an activating group) is 1. The standard InChI is InChI=1S/C14H22N4O/c1-17-9-10-18(8-7-14(19)16-15)13(11-17)12-5-3-2-4-6-12/h2-6,13H,7-11,15H2,1H3,(H,16,19). The fourth-order valence-electron chi connectivity index (χ4n) is 2.53. The van der Waals surface area contributed by atoms with Crippen molar-refractivity contribution in [2.75, 3.05) is 33.2 Å². The van der Waals surface area contributed by atoms with Gasteiger partial charge in [0.05, 0.1) is 0 Å². The molecule has 5 nitrogen and oxygen atoms in total. The summed E-state index contributed by atoms with van der Waals surface area (Å²) in [5.74, 6) is 5.02. The van der Waals surface area contributed by atoms with Gasteiger partial charge in [0.15, 0.2) is 0 Å². The molecule has 19 heavy (non-hydrogen) atoms. The molecule has 0 aromatic heterocycles. The SMILES string of the molecule is CN1CCN(CCC(=O)NN)C(c2ccccc2)C1. The molecule has 2 rings (SSSR count). The second kappa shape index (κ2) is 6.65. The van der Waals surface area contributed by atoms with Gasteiger partial charge in [-0.2, -0.15) is 0 Å². The number of hydrogen-bond donors (Lipinski definition) is 2. The average Bonchev–Trinajstić information content (AvgIpc) is 2.46. The molecule has 0 aliphatic carbocycles. The summed E-state index contributed by atoms with van der Waals surface area (Å²) < 4.78 is 0. The van der Waals surface area contributed by atoms with Crippen molar-refractivity contribution in [2.45, 2.75) is 12.5 Å². The van der Waals surface area contributed by atoms with Gasteiger partial charge in [0.2, 0.25) is 5.91 Å². The van der Waals surface area contributed by atoms with E-state index in [4.69, 9.17) is 5.84 Å². The molecule has 5 heteroatoms. The first-order valence-electron chi connectivity index (χ1n) is 6.67. The van der Waals surface area contributed by atoms with Crippen LogP contribution in [0.2, 0.25) is 0 Å². The van der Waals surface area contributed by atoms with Crippen LogP contribution in [0.3, 0.4) is 0 Å². The molecule has 1 fully saturated rings. The highest BCUT2D eigenvalue weighted by Crippen LogP contribution is 2.24. The lowest BCUT2D eigenvalue weighted by Gasteiger charge is -2.40. The zero-order chi connectivity index (χ0) is 13.7. The van der Waals surface area contributed by atoms with E-state index in [1.165, 1.54) is 5.56 Å². The molecular weight excluding hydrogens is 240 g/mol. The van der Waals surface area contributed by atoms with Crippen LogP contribution in [-0.4, -0.2) is 48.9 Å². The number of carbonyl (C=O) groups is 1. The summed E-state index contributed by atoms with van der Waals surface area (Å²) in [5.41, 5.74) is 3.50. The zero-order valence-corrected chi connectivity index (χ0v) is 11.4. The molecule has 1 unspecified atom stereocenters. The molecule has 1 heterocycles. The summed E-state index contributed by atoms with van der Waals surface area (Å²) in [7, 11) is 2.14. The topological polar surface area (TPSA) is 61.6 Å². The number of nitrogens with one attached hydrogen (secondary N) is 1. The van der Waals surface area contributed by atoms with E-state index >= 15 is 0 Å². The second-order valence-corrected chi connectivity index (χ2v) is 5.04. The van der Waals surface area contributed by atoms with Crippen LogP contribution in [0.25, 0.3) is 0 Å². The van der Waals surface area contributed by atoms with Crippen LogP contribution < -0.4 is 11.3 Å². The van der Waals surface area contributed by atoms with Crippen LogP contribution in [0.4, 0.5) is 0 Å². The van der Waals surface area contributed by atoms with Crippen LogP contribution in [0.15, 0.2) is 30.3 Å². The van der Waals surface area contributed by atoms with Gasteiger partial charge in [0.25, 0.3) is 0 Å². The van der Waals surface area contributed by atoms with Crippen molar-refractivity contribution in [1.29, 1.82) is 0 Å². The Kier molecular flexibility index (Phi) is 4.90. The first kappa shape index (κ1) is 14.0. The Hall–Kier alpha value is -1.43. The Morgan fingerprint density at radius 2 is 2.11 bits per heavy atom. The number of nitrogens with zero attached hydrogens (tertiary/aromatic N) is 2. The fraction of sp³-hybridized carbons (Fsp3) is 0.500. The van der Waals surface area contributed by atoms with Crippen molar-refractivity contribution < 1.29 is 4.79 Å². The molecular formula is C14H22N4O. The van der Waals surface area contributed by atoms with Gasteiger partial charge in [0.1, 0.15) is 0 Å². The van der Waals surface area contributed by atoms with E-state index in [1.807, 2.05) is 6.07 Å². The molecule has 1 aliphatic rings. The van der Waals surface area contributed by atoms with Crippen molar-refractivity contribution in [3.05, 3.63) is 35.9 Å². The minimum absolute atomic E-state index is 0.106. The molecule has 0 saturated carbocycles. The quantitative estimate of drug-likeness (QED) is 0.467. The molecule has 0 spiro atoms. The molecule has 0 bridgehead atoms. The zero-order valence-electron chi connectivity index (χ0n) is 11.4. The number of benzene rings is 1. The number of carbonyl (C=O) groups excluding carboxylic acids is 1. The average molecular weight is 262 g/mol. The van der Waals surface area contributed by atoms with Gasteiger partial charge in [0, 0.05) is 38.6 Å². The summed E-state index contributed by atoms with van der Waals surface area (Å²) in [5, 5.41) is 0. The molecule has 1 amide bonds. The van der Waals surface area contributed by atoms with Crippen molar-refractivity contribution in [3.63, 3.8) is 0 Å².